The van der Waals surface area contributed by atoms with Gasteiger partial charge in [0.15, 0.2) is 0 Å². The molecule has 4 heteroatoms. The highest BCUT2D eigenvalue weighted by molar-refractivity contribution is 4.99. The molecule has 100 valence electrons. The second-order valence-electron chi connectivity index (χ2n) is 5.72. The third-order valence-corrected chi connectivity index (χ3v) is 4.49. The lowest BCUT2D eigenvalue weighted by Gasteiger charge is -2.37. The monoisotopic (exact) mass is 241 g/mol. The predicted molar refractivity (Wildman–Crippen MR) is 70.4 cm³/mol. The van der Waals surface area contributed by atoms with Crippen LogP contribution >= 0.6 is 0 Å². The second kappa shape index (κ2) is 5.65. The molecule has 0 radical (unpaired) electrons. The van der Waals surface area contributed by atoms with E-state index in [9.17, 15) is 0 Å². The van der Waals surface area contributed by atoms with E-state index in [1.807, 2.05) is 0 Å². The van der Waals surface area contributed by atoms with Crippen molar-refractivity contribution in [3.63, 3.8) is 0 Å². The normalized spacial score (nSPS) is 30.9. The summed E-state index contributed by atoms with van der Waals surface area (Å²) in [6.45, 7) is 12.3. The SMILES string of the molecule is CNC1CCN(CCN2CCOCC2)C1(C)C. The zero-order valence-electron chi connectivity index (χ0n) is 11.5. The van der Waals surface area contributed by atoms with Crippen LogP contribution in [0.2, 0.25) is 0 Å². The van der Waals surface area contributed by atoms with Crippen molar-refractivity contribution in [3.8, 4) is 0 Å². The summed E-state index contributed by atoms with van der Waals surface area (Å²) in [5.74, 6) is 0. The summed E-state index contributed by atoms with van der Waals surface area (Å²) < 4.78 is 5.38. The van der Waals surface area contributed by atoms with E-state index in [-0.39, 0.29) is 0 Å². The van der Waals surface area contributed by atoms with Crippen molar-refractivity contribution in [2.45, 2.75) is 31.8 Å². The fourth-order valence-electron chi connectivity index (χ4n) is 3.13. The zero-order chi connectivity index (χ0) is 12.3. The van der Waals surface area contributed by atoms with Gasteiger partial charge in [0.05, 0.1) is 13.2 Å². The number of hydrogen-bond donors (Lipinski definition) is 1. The Balaban J connectivity index is 1.79. The smallest absolute Gasteiger partial charge is 0.0594 e. The maximum Gasteiger partial charge on any atom is 0.0594 e. The molecule has 1 unspecified atom stereocenters. The van der Waals surface area contributed by atoms with Crippen LogP contribution in [0.15, 0.2) is 0 Å². The van der Waals surface area contributed by atoms with Crippen LogP contribution in [0.4, 0.5) is 0 Å². The molecule has 1 atom stereocenters. The van der Waals surface area contributed by atoms with Gasteiger partial charge >= 0.3 is 0 Å². The summed E-state index contributed by atoms with van der Waals surface area (Å²) in [5, 5.41) is 3.45. The summed E-state index contributed by atoms with van der Waals surface area (Å²) in [4.78, 5) is 5.15. The van der Waals surface area contributed by atoms with Crippen molar-refractivity contribution >= 4 is 0 Å². The molecule has 2 rings (SSSR count). The first-order valence-electron chi connectivity index (χ1n) is 6.87. The number of morpholine rings is 1. The number of likely N-dealkylation sites (N-methyl/N-ethyl adjacent to an activating group) is 1. The van der Waals surface area contributed by atoms with E-state index in [2.05, 4.69) is 36.0 Å². The molecular weight excluding hydrogens is 214 g/mol. The Hall–Kier alpha value is -0.160. The first-order chi connectivity index (χ1) is 8.14. The zero-order valence-corrected chi connectivity index (χ0v) is 11.5. The Morgan fingerprint density at radius 3 is 2.47 bits per heavy atom. The lowest BCUT2D eigenvalue weighted by molar-refractivity contribution is 0.0288. The summed E-state index contributed by atoms with van der Waals surface area (Å²) in [7, 11) is 2.08. The molecule has 2 aliphatic heterocycles. The van der Waals surface area contributed by atoms with E-state index in [1.54, 1.807) is 0 Å². The van der Waals surface area contributed by atoms with Gasteiger partial charge < -0.3 is 10.1 Å². The second-order valence-corrected chi connectivity index (χ2v) is 5.72. The molecule has 0 aromatic rings. The van der Waals surface area contributed by atoms with Gasteiger partial charge in [0.25, 0.3) is 0 Å². The molecule has 4 nitrogen and oxygen atoms in total. The van der Waals surface area contributed by atoms with Crippen LogP contribution in [-0.4, -0.2) is 74.4 Å². The number of nitrogens with one attached hydrogen (secondary N) is 1. The van der Waals surface area contributed by atoms with Crippen LogP contribution in [0.25, 0.3) is 0 Å². The molecule has 2 heterocycles. The third kappa shape index (κ3) is 2.99. The van der Waals surface area contributed by atoms with Crippen LogP contribution < -0.4 is 5.32 Å². The Morgan fingerprint density at radius 1 is 1.18 bits per heavy atom. The molecule has 0 spiro atoms. The number of ether oxygens (including phenoxy) is 1. The number of rotatable bonds is 4. The largest absolute Gasteiger partial charge is 0.379 e. The molecule has 17 heavy (non-hydrogen) atoms. The highest BCUT2D eigenvalue weighted by Crippen LogP contribution is 2.28. The van der Waals surface area contributed by atoms with E-state index in [0.717, 1.165) is 26.3 Å². The van der Waals surface area contributed by atoms with Gasteiger partial charge in [-0.3, -0.25) is 9.80 Å². The topological polar surface area (TPSA) is 27.7 Å². The lowest BCUT2D eigenvalue weighted by Crippen LogP contribution is -2.52. The van der Waals surface area contributed by atoms with Crippen LogP contribution in [0.5, 0.6) is 0 Å². The highest BCUT2D eigenvalue weighted by Gasteiger charge is 2.39. The molecule has 0 aromatic carbocycles. The van der Waals surface area contributed by atoms with Crippen molar-refractivity contribution in [1.82, 2.24) is 15.1 Å². The third-order valence-electron chi connectivity index (χ3n) is 4.49. The van der Waals surface area contributed by atoms with E-state index in [0.29, 0.717) is 11.6 Å². The van der Waals surface area contributed by atoms with Gasteiger partial charge in [-0.1, -0.05) is 0 Å². The van der Waals surface area contributed by atoms with Crippen molar-refractivity contribution < 1.29 is 4.74 Å². The molecule has 1 N–H and O–H groups in total. The fraction of sp³-hybridized carbons (Fsp3) is 1.00. The molecule has 2 saturated heterocycles. The molecule has 2 aliphatic rings. The van der Waals surface area contributed by atoms with E-state index in [4.69, 9.17) is 4.74 Å². The van der Waals surface area contributed by atoms with Gasteiger partial charge in [0.1, 0.15) is 0 Å². The molecule has 0 aromatic heterocycles. The van der Waals surface area contributed by atoms with Gasteiger partial charge in [0, 0.05) is 44.3 Å². The number of hydrogen-bond acceptors (Lipinski definition) is 4. The number of likely N-dealkylation sites (tertiary alicyclic amines) is 1. The molecule has 0 saturated carbocycles. The molecule has 0 amide bonds. The molecule has 0 aliphatic carbocycles. The van der Waals surface area contributed by atoms with Crippen LogP contribution in [0.3, 0.4) is 0 Å². The first kappa shape index (κ1) is 13.3. The average Bonchev–Trinajstić information content (AvgIpc) is 2.62. The molecule has 2 fully saturated rings. The molecule has 0 bridgehead atoms. The van der Waals surface area contributed by atoms with Crippen LogP contribution in [0, 0.1) is 0 Å². The highest BCUT2D eigenvalue weighted by atomic mass is 16.5. The summed E-state index contributed by atoms with van der Waals surface area (Å²) in [6.07, 6.45) is 1.27. The lowest BCUT2D eigenvalue weighted by atomic mass is 9.96. The molecular formula is C13H27N3O. The Bertz CT molecular complexity index is 239. The predicted octanol–water partition coefficient (Wildman–Crippen LogP) is 0.391. The summed E-state index contributed by atoms with van der Waals surface area (Å²) in [5.41, 5.74) is 0.293. The quantitative estimate of drug-likeness (QED) is 0.771. The van der Waals surface area contributed by atoms with Crippen molar-refractivity contribution in [3.05, 3.63) is 0 Å². The maximum atomic E-state index is 5.38. The van der Waals surface area contributed by atoms with Crippen LogP contribution in [0.1, 0.15) is 20.3 Å². The van der Waals surface area contributed by atoms with Crippen molar-refractivity contribution in [2.75, 3.05) is 53.0 Å². The van der Waals surface area contributed by atoms with Crippen molar-refractivity contribution in [2.24, 2.45) is 0 Å². The van der Waals surface area contributed by atoms with Crippen LogP contribution in [-0.2, 0) is 4.74 Å². The van der Waals surface area contributed by atoms with Gasteiger partial charge in [-0.15, -0.1) is 0 Å². The van der Waals surface area contributed by atoms with Gasteiger partial charge in [-0.25, -0.2) is 0 Å². The van der Waals surface area contributed by atoms with E-state index >= 15 is 0 Å². The fourth-order valence-corrected chi connectivity index (χ4v) is 3.13. The Labute approximate surface area is 105 Å². The van der Waals surface area contributed by atoms with E-state index in [1.165, 1.54) is 26.1 Å². The standard InChI is InChI=1S/C13H27N3O/c1-13(2)12(14-3)4-5-16(13)7-6-15-8-10-17-11-9-15/h12,14H,4-11H2,1-3H3. The summed E-state index contributed by atoms with van der Waals surface area (Å²) in [6, 6.07) is 0.632. The minimum Gasteiger partial charge on any atom is -0.379 e. The minimum absolute atomic E-state index is 0.293. The maximum absolute atomic E-state index is 5.38. The van der Waals surface area contributed by atoms with Crippen molar-refractivity contribution in [1.29, 1.82) is 0 Å². The Kier molecular flexibility index (Phi) is 4.42. The van der Waals surface area contributed by atoms with E-state index < -0.39 is 0 Å². The Morgan fingerprint density at radius 2 is 1.88 bits per heavy atom. The summed E-state index contributed by atoms with van der Waals surface area (Å²) >= 11 is 0. The minimum atomic E-state index is 0.293. The first-order valence-corrected chi connectivity index (χ1v) is 6.87. The number of nitrogens with zero attached hydrogens (tertiary/aromatic N) is 2. The average molecular weight is 241 g/mol. The van der Waals surface area contributed by atoms with Gasteiger partial charge in [0.2, 0.25) is 0 Å². The van der Waals surface area contributed by atoms with Gasteiger partial charge in [-0.05, 0) is 27.3 Å². The van der Waals surface area contributed by atoms with Gasteiger partial charge in [-0.2, -0.15) is 0 Å².